The van der Waals surface area contributed by atoms with Gasteiger partial charge in [-0.15, -0.1) is 0 Å². The summed E-state index contributed by atoms with van der Waals surface area (Å²) in [4.78, 5) is 38.9. The third kappa shape index (κ3) is 6.89. The van der Waals surface area contributed by atoms with Gasteiger partial charge in [0.1, 0.15) is 35.5 Å². The number of para-hydroxylation sites is 1. The van der Waals surface area contributed by atoms with E-state index in [9.17, 15) is 24.0 Å². The zero-order valence-electron chi connectivity index (χ0n) is 24.7. The highest BCUT2D eigenvalue weighted by Gasteiger charge is 2.35. The number of imide groups is 1. The van der Waals surface area contributed by atoms with Crippen LogP contribution in [0.4, 0.5) is 4.39 Å². The molecule has 0 unspecified atom stereocenters. The maximum atomic E-state index is 14.2. The van der Waals surface area contributed by atoms with Crippen molar-refractivity contribution in [3.8, 4) is 28.8 Å². The van der Waals surface area contributed by atoms with Crippen LogP contribution in [0.2, 0.25) is 0 Å². The van der Waals surface area contributed by atoms with Crippen LogP contribution in [-0.2, 0) is 25.7 Å². The van der Waals surface area contributed by atoms with Gasteiger partial charge in [-0.3, -0.25) is 19.3 Å². The molecule has 0 atom stereocenters. The van der Waals surface area contributed by atoms with Crippen molar-refractivity contribution in [2.45, 2.75) is 26.9 Å². The quantitative estimate of drug-likeness (QED) is 0.0972. The molecular weight excluding hydrogens is 575 g/mol. The highest BCUT2D eigenvalue weighted by atomic mass is 19.1. The number of halogens is 1. The fourth-order valence-electron chi connectivity index (χ4n) is 4.87. The molecule has 226 valence electrons. The number of carbonyl (C=O) groups excluding carboxylic acids is 3. The maximum Gasteiger partial charge on any atom is 0.302 e. The van der Waals surface area contributed by atoms with E-state index in [0.29, 0.717) is 28.1 Å². The van der Waals surface area contributed by atoms with Crippen molar-refractivity contribution in [2.75, 3.05) is 13.2 Å². The lowest BCUT2D eigenvalue weighted by Crippen LogP contribution is -2.43. The van der Waals surface area contributed by atoms with Gasteiger partial charge in [0.15, 0.2) is 0 Å². The number of nitrogens with zero attached hydrogens (tertiary/aromatic N) is 4. The number of esters is 1. The van der Waals surface area contributed by atoms with Crippen LogP contribution >= 0.6 is 0 Å². The molecule has 0 aliphatic carbocycles. The molecule has 0 saturated carbocycles. The Bertz CT molecular complexity index is 1870. The molecular formula is C35H29FN4O5. The van der Waals surface area contributed by atoms with E-state index in [1.807, 2.05) is 42.5 Å². The molecule has 0 saturated heterocycles. The molecule has 45 heavy (non-hydrogen) atoms. The minimum Gasteiger partial charge on any atom is -0.489 e. The molecule has 0 fully saturated rings. The van der Waals surface area contributed by atoms with Crippen LogP contribution in [-0.4, -0.2) is 45.6 Å². The summed E-state index contributed by atoms with van der Waals surface area (Å²) in [5.74, 6) is -1.60. The molecule has 0 bridgehead atoms. The number of aromatic nitrogens is 2. The fourth-order valence-corrected chi connectivity index (χ4v) is 4.87. The minimum absolute atomic E-state index is 0.0271. The largest absolute Gasteiger partial charge is 0.489 e. The van der Waals surface area contributed by atoms with Gasteiger partial charge >= 0.3 is 5.97 Å². The van der Waals surface area contributed by atoms with E-state index in [2.05, 4.69) is 0 Å². The third-order valence-corrected chi connectivity index (χ3v) is 7.18. The summed E-state index contributed by atoms with van der Waals surface area (Å²) in [6.07, 6.45) is 3.60. The zero-order chi connectivity index (χ0) is 31.9. The van der Waals surface area contributed by atoms with Gasteiger partial charge in [0.25, 0.3) is 11.8 Å². The van der Waals surface area contributed by atoms with Crippen molar-refractivity contribution in [3.63, 3.8) is 0 Å². The Hall–Kier alpha value is -5.82. The van der Waals surface area contributed by atoms with Gasteiger partial charge in [-0.1, -0.05) is 48.5 Å². The second-order valence-electron chi connectivity index (χ2n) is 10.2. The van der Waals surface area contributed by atoms with E-state index in [-0.39, 0.29) is 48.7 Å². The van der Waals surface area contributed by atoms with Crippen LogP contribution in [0.1, 0.15) is 31.4 Å². The first kappa shape index (κ1) is 30.6. The highest BCUT2D eigenvalue weighted by Crippen LogP contribution is 2.32. The molecule has 4 aromatic rings. The normalized spacial score (nSPS) is 14.1. The molecule has 0 radical (unpaired) electrons. The van der Waals surface area contributed by atoms with Crippen molar-refractivity contribution < 1.29 is 28.2 Å². The van der Waals surface area contributed by atoms with E-state index in [4.69, 9.17) is 14.6 Å². The molecule has 10 heteroatoms. The smallest absolute Gasteiger partial charge is 0.302 e. The Morgan fingerprint density at radius 2 is 1.78 bits per heavy atom. The van der Waals surface area contributed by atoms with Gasteiger partial charge in [-0.05, 0) is 55.3 Å². The first-order valence-electron chi connectivity index (χ1n) is 14.2. The number of carbonyl (C=O) groups is 3. The van der Waals surface area contributed by atoms with Gasteiger partial charge in [0.2, 0.25) is 0 Å². The molecule has 1 aliphatic heterocycles. The second kappa shape index (κ2) is 13.7. The first-order valence-corrected chi connectivity index (χ1v) is 14.2. The van der Waals surface area contributed by atoms with Crippen LogP contribution in [0.3, 0.4) is 0 Å². The topological polar surface area (TPSA) is 115 Å². The summed E-state index contributed by atoms with van der Waals surface area (Å²) in [7, 11) is 0. The number of hydrogen-bond donors (Lipinski definition) is 0. The maximum absolute atomic E-state index is 14.2. The molecule has 9 nitrogen and oxygen atoms in total. The Balaban J connectivity index is 1.54. The molecule has 2 heterocycles. The number of amides is 2. The Morgan fingerprint density at radius 1 is 1.02 bits per heavy atom. The van der Waals surface area contributed by atoms with Crippen LogP contribution < -0.4 is 4.74 Å². The van der Waals surface area contributed by atoms with E-state index in [0.717, 1.165) is 10.6 Å². The lowest BCUT2D eigenvalue weighted by molar-refractivity contribution is -0.141. The lowest BCUT2D eigenvalue weighted by atomic mass is 9.93. The van der Waals surface area contributed by atoms with Crippen molar-refractivity contribution in [2.24, 2.45) is 0 Å². The summed E-state index contributed by atoms with van der Waals surface area (Å²) in [6, 6.07) is 24.9. The molecule has 1 aromatic heterocycles. The highest BCUT2D eigenvalue weighted by molar-refractivity contribution is 6.19. The minimum atomic E-state index is -0.695. The third-order valence-electron chi connectivity index (χ3n) is 7.18. The second-order valence-corrected chi connectivity index (χ2v) is 10.2. The van der Waals surface area contributed by atoms with Gasteiger partial charge < -0.3 is 9.47 Å². The number of nitriles is 1. The molecule has 1 aliphatic rings. The molecule has 3 aromatic carbocycles. The van der Waals surface area contributed by atoms with E-state index in [1.165, 1.54) is 13.0 Å². The van der Waals surface area contributed by atoms with Gasteiger partial charge in [-0.25, -0.2) is 9.07 Å². The molecule has 0 spiro atoms. The van der Waals surface area contributed by atoms with Crippen LogP contribution in [0.5, 0.6) is 5.75 Å². The number of rotatable bonds is 10. The monoisotopic (exact) mass is 604 g/mol. The average Bonchev–Trinajstić information content (AvgIpc) is 3.47. The van der Waals surface area contributed by atoms with Crippen molar-refractivity contribution >= 4 is 23.9 Å². The first-order chi connectivity index (χ1) is 21.8. The zero-order valence-corrected chi connectivity index (χ0v) is 24.7. The van der Waals surface area contributed by atoms with Gasteiger partial charge in [-0.2, -0.15) is 10.4 Å². The van der Waals surface area contributed by atoms with E-state index in [1.54, 1.807) is 60.3 Å². The van der Waals surface area contributed by atoms with Crippen molar-refractivity contribution in [3.05, 3.63) is 119 Å². The fraction of sp³-hybridized carbons (Fsp3) is 0.171. The van der Waals surface area contributed by atoms with E-state index >= 15 is 0 Å². The molecule has 2 amide bonds. The Morgan fingerprint density at radius 3 is 2.51 bits per heavy atom. The predicted molar refractivity (Wildman–Crippen MR) is 164 cm³/mol. The average molecular weight is 605 g/mol. The number of benzene rings is 3. The lowest BCUT2D eigenvalue weighted by Gasteiger charge is -2.27. The van der Waals surface area contributed by atoms with Gasteiger partial charge in [0.05, 0.1) is 12.3 Å². The van der Waals surface area contributed by atoms with E-state index < -0.39 is 17.8 Å². The summed E-state index contributed by atoms with van der Waals surface area (Å²) in [5, 5.41) is 14.6. The SMILES string of the molecule is CC(=O)OCCCN1C(=O)C(C#N)=C(C)/C(=C\c2cn(-c3ccccc3)nc2-c2cccc(OCc3ccccc3F)c2)C1=O. The molecule has 0 N–H and O–H groups in total. The van der Waals surface area contributed by atoms with Gasteiger partial charge in [0, 0.05) is 41.9 Å². The number of hydrogen-bond acceptors (Lipinski definition) is 7. The Kier molecular flexibility index (Phi) is 9.29. The van der Waals surface area contributed by atoms with Crippen LogP contribution in [0, 0.1) is 17.1 Å². The number of ether oxygens (including phenoxy) is 2. The molecule has 5 rings (SSSR count). The summed E-state index contributed by atoms with van der Waals surface area (Å²) in [5.41, 5.74) is 3.21. The predicted octanol–water partition coefficient (Wildman–Crippen LogP) is 5.80. The summed E-state index contributed by atoms with van der Waals surface area (Å²) >= 11 is 0. The van der Waals surface area contributed by atoms with Crippen LogP contribution in [0.25, 0.3) is 23.0 Å². The van der Waals surface area contributed by atoms with Crippen molar-refractivity contribution in [1.29, 1.82) is 5.26 Å². The standard InChI is InChI=1S/C35H29FN4O5/c1-23-30(34(42)39(35(43)31(23)20-37)16-9-17-44-24(2)41)19-27-21-40(28-12-4-3-5-13-28)38-33(27)25-11-8-14-29(18-25)45-22-26-10-6-7-15-32(26)36/h3-8,10-15,18-19,21H,9,16-17,22H2,1-2H3/b30-19+. The van der Waals surface area contributed by atoms with Crippen molar-refractivity contribution in [1.82, 2.24) is 14.7 Å². The summed E-state index contributed by atoms with van der Waals surface area (Å²) < 4.78 is 26.7. The van der Waals surface area contributed by atoms with Crippen LogP contribution in [0.15, 0.2) is 102 Å². The summed E-state index contributed by atoms with van der Waals surface area (Å²) in [6.45, 7) is 2.87. The Labute approximate surface area is 259 Å².